The van der Waals surface area contributed by atoms with Gasteiger partial charge in [-0.05, 0) is 43.4 Å². The summed E-state index contributed by atoms with van der Waals surface area (Å²) in [6, 6.07) is 11.2. The number of halogens is 2. The standard InChI is InChI=1S/C25H20Cl2N2O4/c1-13-2-4-14(5-3-13)20(30)12-28(23(31)17-8-9-18(26)19(27)11-17)29-24(32)21-15-6-7-16(10-15)22(21)25(29)33/h2-9,11,15-16,21-22H,10,12H2,1H3/t15-,16-,21+,22+/m0/s1. The van der Waals surface area contributed by atoms with Gasteiger partial charge in [-0.15, -0.1) is 0 Å². The van der Waals surface area contributed by atoms with Gasteiger partial charge in [-0.1, -0.05) is 65.2 Å². The Morgan fingerprint density at radius 2 is 1.48 bits per heavy atom. The van der Waals surface area contributed by atoms with E-state index in [1.807, 2.05) is 19.1 Å². The van der Waals surface area contributed by atoms with Gasteiger partial charge >= 0.3 is 0 Å². The van der Waals surface area contributed by atoms with Crippen LogP contribution in [-0.2, 0) is 9.59 Å². The molecule has 5 rings (SSSR count). The Morgan fingerprint density at radius 1 is 0.909 bits per heavy atom. The molecule has 3 aliphatic rings. The summed E-state index contributed by atoms with van der Waals surface area (Å²) < 4.78 is 0. The molecule has 0 aromatic heterocycles. The first-order chi connectivity index (χ1) is 15.8. The zero-order chi connectivity index (χ0) is 23.4. The van der Waals surface area contributed by atoms with Crippen molar-refractivity contribution in [1.29, 1.82) is 0 Å². The smallest absolute Gasteiger partial charge is 0.273 e. The van der Waals surface area contributed by atoms with Crippen molar-refractivity contribution in [2.24, 2.45) is 23.7 Å². The Morgan fingerprint density at radius 3 is 2.06 bits per heavy atom. The number of ketones is 1. The molecule has 0 spiro atoms. The van der Waals surface area contributed by atoms with E-state index in [0.717, 1.165) is 22.0 Å². The van der Waals surface area contributed by atoms with Gasteiger partial charge in [0.2, 0.25) is 0 Å². The number of hydrogen-bond donors (Lipinski definition) is 0. The summed E-state index contributed by atoms with van der Waals surface area (Å²) in [6.07, 6.45) is 4.72. The molecular formula is C25H20Cl2N2O4. The van der Waals surface area contributed by atoms with Crippen LogP contribution in [0.25, 0.3) is 0 Å². The lowest BCUT2D eigenvalue weighted by Gasteiger charge is -2.31. The van der Waals surface area contributed by atoms with Gasteiger partial charge in [-0.2, -0.15) is 5.01 Å². The summed E-state index contributed by atoms with van der Waals surface area (Å²) in [5.74, 6) is -2.96. The Bertz CT molecular complexity index is 1190. The number of carbonyl (C=O) groups is 4. The summed E-state index contributed by atoms with van der Waals surface area (Å²) in [6.45, 7) is 1.44. The first-order valence-electron chi connectivity index (χ1n) is 10.7. The highest BCUT2D eigenvalue weighted by Crippen LogP contribution is 2.52. The summed E-state index contributed by atoms with van der Waals surface area (Å²) in [5.41, 5.74) is 1.49. The van der Waals surface area contributed by atoms with E-state index in [-0.39, 0.29) is 33.2 Å². The highest BCUT2D eigenvalue weighted by atomic mass is 35.5. The number of Topliss-reactive ketones (excluding diaryl/α,β-unsaturated/α-hetero) is 1. The molecule has 8 heteroatoms. The van der Waals surface area contributed by atoms with Gasteiger partial charge in [0.05, 0.1) is 21.9 Å². The summed E-state index contributed by atoms with van der Waals surface area (Å²) in [5, 5.41) is 2.27. The van der Waals surface area contributed by atoms with Crippen LogP contribution in [0.5, 0.6) is 0 Å². The Kier molecular flexibility index (Phi) is 5.38. The van der Waals surface area contributed by atoms with Crippen LogP contribution in [0.15, 0.2) is 54.6 Å². The molecule has 0 N–H and O–H groups in total. The molecule has 1 saturated heterocycles. The predicted octanol–water partition coefficient (Wildman–Crippen LogP) is 4.35. The van der Waals surface area contributed by atoms with Crippen molar-refractivity contribution in [3.63, 3.8) is 0 Å². The van der Waals surface area contributed by atoms with E-state index in [1.165, 1.54) is 18.2 Å². The maximum Gasteiger partial charge on any atom is 0.273 e. The van der Waals surface area contributed by atoms with Crippen LogP contribution in [0.2, 0.25) is 10.0 Å². The number of benzene rings is 2. The second kappa shape index (κ2) is 8.12. The van der Waals surface area contributed by atoms with Crippen LogP contribution < -0.4 is 0 Å². The summed E-state index contributed by atoms with van der Waals surface area (Å²) in [4.78, 5) is 53.3. The molecule has 2 aromatic carbocycles. The minimum absolute atomic E-state index is 0.0174. The fourth-order valence-electron chi connectivity index (χ4n) is 5.10. The second-order valence-electron chi connectivity index (χ2n) is 8.77. The second-order valence-corrected chi connectivity index (χ2v) is 9.58. The molecule has 168 valence electrons. The highest BCUT2D eigenvalue weighted by molar-refractivity contribution is 6.42. The van der Waals surface area contributed by atoms with Gasteiger partial charge in [0.15, 0.2) is 5.78 Å². The number of hydrazine groups is 1. The quantitative estimate of drug-likeness (QED) is 0.360. The minimum Gasteiger partial charge on any atom is -0.292 e. The molecular weight excluding hydrogens is 463 g/mol. The van der Waals surface area contributed by atoms with Gasteiger partial charge in [0.1, 0.15) is 6.54 Å². The average Bonchev–Trinajstić information content (AvgIpc) is 3.48. The topological polar surface area (TPSA) is 74.8 Å². The van der Waals surface area contributed by atoms with Crippen LogP contribution in [0.4, 0.5) is 0 Å². The van der Waals surface area contributed by atoms with Gasteiger partial charge in [-0.3, -0.25) is 19.2 Å². The van der Waals surface area contributed by atoms with Gasteiger partial charge in [-0.25, -0.2) is 5.01 Å². The zero-order valence-corrected chi connectivity index (χ0v) is 19.2. The lowest BCUT2D eigenvalue weighted by molar-refractivity contribution is -0.154. The third-order valence-corrected chi connectivity index (χ3v) is 7.50. The molecule has 0 unspecified atom stereocenters. The molecule has 1 heterocycles. The molecule has 1 saturated carbocycles. The van der Waals surface area contributed by atoms with Crippen LogP contribution in [0.3, 0.4) is 0 Å². The number of imide groups is 1. The molecule has 2 aromatic rings. The van der Waals surface area contributed by atoms with E-state index >= 15 is 0 Å². The van der Waals surface area contributed by atoms with Crippen LogP contribution >= 0.6 is 23.2 Å². The molecule has 2 aliphatic carbocycles. The van der Waals surface area contributed by atoms with E-state index in [9.17, 15) is 19.2 Å². The average molecular weight is 483 g/mol. The van der Waals surface area contributed by atoms with E-state index in [0.29, 0.717) is 5.56 Å². The molecule has 4 atom stereocenters. The largest absolute Gasteiger partial charge is 0.292 e. The maximum absolute atomic E-state index is 13.5. The molecule has 2 bridgehead atoms. The first kappa shape index (κ1) is 21.9. The minimum atomic E-state index is -0.670. The van der Waals surface area contributed by atoms with Crippen molar-refractivity contribution >= 4 is 46.7 Å². The summed E-state index contributed by atoms with van der Waals surface area (Å²) >= 11 is 12.1. The third kappa shape index (κ3) is 3.58. The first-order valence-corrected chi connectivity index (χ1v) is 11.4. The maximum atomic E-state index is 13.5. The number of hydrogen-bond acceptors (Lipinski definition) is 4. The number of amides is 3. The fraction of sp³-hybridized carbons (Fsp3) is 0.280. The van der Waals surface area contributed by atoms with Crippen molar-refractivity contribution in [2.45, 2.75) is 13.3 Å². The van der Waals surface area contributed by atoms with E-state index in [4.69, 9.17) is 23.2 Å². The number of allylic oxidation sites excluding steroid dienone is 2. The molecule has 3 amide bonds. The zero-order valence-electron chi connectivity index (χ0n) is 17.7. The third-order valence-electron chi connectivity index (χ3n) is 6.76. The molecule has 33 heavy (non-hydrogen) atoms. The number of fused-ring (bicyclic) bond motifs is 5. The Balaban J connectivity index is 1.51. The van der Waals surface area contributed by atoms with Crippen LogP contribution in [0, 0.1) is 30.6 Å². The molecule has 6 nitrogen and oxygen atoms in total. The van der Waals surface area contributed by atoms with Gasteiger partial charge < -0.3 is 0 Å². The lowest BCUT2D eigenvalue weighted by atomic mass is 9.85. The predicted molar refractivity (Wildman–Crippen MR) is 123 cm³/mol. The van der Waals surface area contributed by atoms with Crippen molar-refractivity contribution < 1.29 is 19.2 Å². The summed E-state index contributed by atoms with van der Waals surface area (Å²) in [7, 11) is 0. The Hall–Kier alpha value is -2.96. The van der Waals surface area contributed by atoms with E-state index in [1.54, 1.807) is 24.3 Å². The van der Waals surface area contributed by atoms with Crippen LogP contribution in [-0.4, -0.2) is 40.1 Å². The van der Waals surface area contributed by atoms with Crippen molar-refractivity contribution in [2.75, 3.05) is 6.54 Å². The monoisotopic (exact) mass is 482 g/mol. The number of nitrogens with zero attached hydrogens (tertiary/aromatic N) is 2. The van der Waals surface area contributed by atoms with Gasteiger partial charge in [0.25, 0.3) is 17.7 Å². The normalized spacial score (nSPS) is 25.0. The fourth-order valence-corrected chi connectivity index (χ4v) is 5.40. The number of aryl methyl sites for hydroxylation is 1. The van der Waals surface area contributed by atoms with E-state index < -0.39 is 36.1 Å². The van der Waals surface area contributed by atoms with Crippen molar-refractivity contribution in [3.05, 3.63) is 81.4 Å². The SMILES string of the molecule is Cc1ccc(C(=O)CN(C(=O)c2ccc(Cl)c(Cl)c2)N2C(=O)[C@H]3[C@H](C2=O)[C@H]2C=C[C@H]3C2)cc1. The van der Waals surface area contributed by atoms with Gasteiger partial charge in [0, 0.05) is 11.1 Å². The lowest BCUT2D eigenvalue weighted by Crippen LogP contribution is -2.52. The van der Waals surface area contributed by atoms with E-state index in [2.05, 4.69) is 0 Å². The van der Waals surface area contributed by atoms with Crippen molar-refractivity contribution in [1.82, 2.24) is 10.0 Å². The molecule has 2 fully saturated rings. The number of rotatable bonds is 5. The Labute approximate surface area is 200 Å². The number of carbonyl (C=O) groups excluding carboxylic acids is 4. The van der Waals surface area contributed by atoms with Crippen LogP contribution in [0.1, 0.15) is 32.7 Å². The highest BCUT2D eigenvalue weighted by Gasteiger charge is 2.61. The van der Waals surface area contributed by atoms with Crippen molar-refractivity contribution in [3.8, 4) is 0 Å². The molecule has 0 radical (unpaired) electrons. The molecule has 1 aliphatic heterocycles.